The Balaban J connectivity index is 1.77. The summed E-state index contributed by atoms with van der Waals surface area (Å²) in [4.78, 5) is 13.3. The number of carboxylic acids is 1. The summed E-state index contributed by atoms with van der Waals surface area (Å²) in [6.45, 7) is -0.154. The fraction of sp³-hybridized carbons (Fsp3) is 0.222. The molecule has 0 bridgehead atoms. The maximum absolute atomic E-state index is 15.7. The van der Waals surface area contributed by atoms with Gasteiger partial charge in [0.1, 0.15) is 10.7 Å². The highest BCUT2D eigenvalue weighted by Crippen LogP contribution is 2.43. The number of rotatable bonds is 5. The number of aromatic carboxylic acids is 1. The number of carboxylic acid groups (broad SMARTS) is 1. The number of allylic oxidation sites excluding steroid dienone is 1. The molecule has 0 spiro atoms. The molecule has 1 heterocycles. The Morgan fingerprint density at radius 3 is 2.42 bits per heavy atom. The van der Waals surface area contributed by atoms with E-state index < -0.39 is 34.5 Å². The first-order chi connectivity index (χ1) is 17.2. The van der Waals surface area contributed by atoms with Gasteiger partial charge in [-0.2, -0.15) is 4.31 Å². The van der Waals surface area contributed by atoms with Crippen molar-refractivity contribution in [2.75, 3.05) is 18.5 Å². The average molecular weight is 509 g/mol. The van der Waals surface area contributed by atoms with Crippen LogP contribution in [0.15, 0.2) is 77.2 Å². The van der Waals surface area contributed by atoms with Gasteiger partial charge in [-0.3, -0.25) is 0 Å². The van der Waals surface area contributed by atoms with Crippen LogP contribution in [0.1, 0.15) is 28.8 Å². The number of carbonyl (C=O) groups is 1. The Kier molecular flexibility index (Phi) is 6.15. The van der Waals surface area contributed by atoms with Crippen LogP contribution in [0.2, 0.25) is 0 Å². The van der Waals surface area contributed by atoms with Gasteiger partial charge < -0.3 is 15.1 Å². The second-order valence-electron chi connectivity index (χ2n) is 8.94. The number of hydrogen-bond donors (Lipinski definition) is 2. The van der Waals surface area contributed by atoms with E-state index in [0.29, 0.717) is 6.54 Å². The lowest BCUT2D eigenvalue weighted by Gasteiger charge is -2.33. The summed E-state index contributed by atoms with van der Waals surface area (Å²) in [5.41, 5.74) is 2.18. The minimum atomic E-state index is -4.06. The van der Waals surface area contributed by atoms with E-state index in [9.17, 15) is 23.4 Å². The van der Waals surface area contributed by atoms with E-state index in [2.05, 4.69) is 0 Å². The number of aliphatic hydroxyl groups excluding tert-OH is 1. The van der Waals surface area contributed by atoms with Crippen molar-refractivity contribution < 1.29 is 27.8 Å². The van der Waals surface area contributed by atoms with Gasteiger partial charge in [0.2, 0.25) is 10.0 Å². The van der Waals surface area contributed by atoms with E-state index in [1.165, 1.54) is 41.7 Å². The zero-order valence-corrected chi connectivity index (χ0v) is 20.4. The summed E-state index contributed by atoms with van der Waals surface area (Å²) < 4.78 is 44.8. The van der Waals surface area contributed by atoms with Crippen molar-refractivity contribution in [2.45, 2.75) is 30.4 Å². The minimum Gasteiger partial charge on any atom is -0.478 e. The normalized spacial score (nSPS) is 19.1. The fourth-order valence-corrected chi connectivity index (χ4v) is 6.34. The van der Waals surface area contributed by atoms with Crippen LogP contribution >= 0.6 is 0 Å². The number of aliphatic hydroxyl groups is 1. The van der Waals surface area contributed by atoms with Gasteiger partial charge in [0.05, 0.1) is 23.9 Å². The minimum absolute atomic E-state index is 0.0858. The summed E-state index contributed by atoms with van der Waals surface area (Å²) in [5.74, 6) is -1.93. The molecular weight excluding hydrogens is 483 g/mol. The van der Waals surface area contributed by atoms with Gasteiger partial charge in [-0.15, -0.1) is 0 Å². The van der Waals surface area contributed by atoms with E-state index >= 15 is 4.39 Å². The summed E-state index contributed by atoms with van der Waals surface area (Å²) in [6.07, 6.45) is 3.72. The smallest absolute Gasteiger partial charge is 0.335 e. The molecule has 1 aliphatic heterocycles. The molecule has 3 aromatic rings. The topological polar surface area (TPSA) is 98.2 Å². The lowest BCUT2D eigenvalue weighted by atomic mass is 9.91. The zero-order valence-electron chi connectivity index (χ0n) is 19.6. The third-order valence-electron chi connectivity index (χ3n) is 6.94. The Hall–Kier alpha value is -3.53. The molecular formula is C27H25FN2O5S. The van der Waals surface area contributed by atoms with Gasteiger partial charge >= 0.3 is 5.97 Å². The Morgan fingerprint density at radius 1 is 1.08 bits per heavy atom. The van der Waals surface area contributed by atoms with Gasteiger partial charge in [0, 0.05) is 24.8 Å². The standard InChI is InChI=1S/C27H25FN2O5S/c1-29-25(17-6-5-7-17)15-30(20-8-3-2-4-9-20)24-14-23(28)22(13-26(24)36(29,34)35)21-12-18(27(32)33)10-11-19(21)16-31/h2-4,6,8-14,25,31H,5,7,15-16H2,1H3,(H,32,33)/t25-/m0/s1. The Bertz CT molecular complexity index is 1490. The first-order valence-electron chi connectivity index (χ1n) is 11.5. The van der Waals surface area contributed by atoms with E-state index in [0.717, 1.165) is 24.1 Å². The lowest BCUT2D eigenvalue weighted by Crippen LogP contribution is -2.43. The van der Waals surface area contributed by atoms with Crippen LogP contribution < -0.4 is 4.90 Å². The van der Waals surface area contributed by atoms with E-state index in [4.69, 9.17) is 0 Å². The Morgan fingerprint density at radius 2 is 1.81 bits per heavy atom. The first kappa shape index (κ1) is 24.2. The quantitative estimate of drug-likeness (QED) is 0.491. The number of hydrogen-bond acceptors (Lipinski definition) is 5. The van der Waals surface area contributed by atoms with Crippen LogP contribution in [0.25, 0.3) is 11.1 Å². The first-order valence-corrected chi connectivity index (χ1v) is 13.0. The highest BCUT2D eigenvalue weighted by atomic mass is 32.2. The molecule has 1 aliphatic carbocycles. The van der Waals surface area contributed by atoms with E-state index in [1.54, 1.807) is 0 Å². The molecule has 0 amide bonds. The molecule has 0 saturated carbocycles. The number of sulfonamides is 1. The van der Waals surface area contributed by atoms with Crippen molar-refractivity contribution in [1.29, 1.82) is 0 Å². The van der Waals surface area contributed by atoms with Crippen molar-refractivity contribution in [3.8, 4) is 11.1 Å². The van der Waals surface area contributed by atoms with Gasteiger partial charge in [0.25, 0.3) is 0 Å². The largest absolute Gasteiger partial charge is 0.478 e. The number of anilines is 2. The SMILES string of the molecule is CN1[C@H](C2=CCC2)CN(c2ccccc2)c2cc(F)c(-c3cc(C(=O)O)ccc3CO)cc2S1(=O)=O. The third kappa shape index (κ3) is 3.99. The molecule has 3 aromatic carbocycles. The van der Waals surface area contributed by atoms with Gasteiger partial charge in [-0.1, -0.05) is 35.9 Å². The third-order valence-corrected chi connectivity index (χ3v) is 8.84. The van der Waals surface area contributed by atoms with Crippen molar-refractivity contribution >= 4 is 27.4 Å². The molecule has 0 radical (unpaired) electrons. The molecule has 0 aromatic heterocycles. The predicted molar refractivity (Wildman–Crippen MR) is 134 cm³/mol. The molecule has 5 rings (SSSR count). The zero-order chi connectivity index (χ0) is 25.6. The van der Waals surface area contributed by atoms with Crippen molar-refractivity contribution in [1.82, 2.24) is 4.31 Å². The van der Waals surface area contributed by atoms with Crippen LogP contribution in [-0.4, -0.2) is 48.5 Å². The fourth-order valence-electron chi connectivity index (χ4n) is 4.79. The highest BCUT2D eigenvalue weighted by Gasteiger charge is 2.40. The average Bonchev–Trinajstić information content (AvgIpc) is 2.91. The summed E-state index contributed by atoms with van der Waals surface area (Å²) in [5, 5.41) is 19.3. The van der Waals surface area contributed by atoms with Crippen molar-refractivity contribution in [3.63, 3.8) is 0 Å². The maximum Gasteiger partial charge on any atom is 0.335 e. The van der Waals surface area contributed by atoms with Crippen molar-refractivity contribution in [2.24, 2.45) is 0 Å². The summed E-state index contributed by atoms with van der Waals surface area (Å²) in [7, 11) is -2.52. The van der Waals surface area contributed by atoms with Gasteiger partial charge in [0.15, 0.2) is 0 Å². The van der Waals surface area contributed by atoms with Crippen LogP contribution in [-0.2, 0) is 16.6 Å². The molecule has 1 atom stereocenters. The molecule has 0 unspecified atom stereocenters. The van der Waals surface area contributed by atoms with Crippen LogP contribution in [0, 0.1) is 5.82 Å². The number of halogens is 1. The molecule has 186 valence electrons. The second kappa shape index (κ2) is 9.16. The van der Waals surface area contributed by atoms with E-state index in [-0.39, 0.29) is 32.8 Å². The number of nitrogens with zero attached hydrogens (tertiary/aromatic N) is 2. The lowest BCUT2D eigenvalue weighted by molar-refractivity contribution is 0.0696. The monoisotopic (exact) mass is 508 g/mol. The molecule has 0 fully saturated rings. The molecule has 2 aliphatic rings. The van der Waals surface area contributed by atoms with Crippen molar-refractivity contribution in [3.05, 3.63) is 89.3 Å². The van der Waals surface area contributed by atoms with Gasteiger partial charge in [-0.25, -0.2) is 17.6 Å². The predicted octanol–water partition coefficient (Wildman–Crippen LogP) is 4.54. The highest BCUT2D eigenvalue weighted by molar-refractivity contribution is 7.89. The van der Waals surface area contributed by atoms with Crippen LogP contribution in [0.3, 0.4) is 0 Å². The molecule has 9 heteroatoms. The summed E-state index contributed by atoms with van der Waals surface area (Å²) in [6, 6.07) is 15.2. The molecule has 2 N–H and O–H groups in total. The van der Waals surface area contributed by atoms with Crippen LogP contribution in [0.4, 0.5) is 15.8 Å². The number of fused-ring (bicyclic) bond motifs is 1. The summed E-state index contributed by atoms with van der Waals surface area (Å²) >= 11 is 0. The molecule has 0 saturated heterocycles. The number of para-hydroxylation sites is 1. The Labute approximate surface area is 208 Å². The number of benzene rings is 3. The van der Waals surface area contributed by atoms with Crippen LogP contribution in [0.5, 0.6) is 0 Å². The number of likely N-dealkylation sites (N-methyl/N-ethyl adjacent to an activating group) is 1. The molecule has 36 heavy (non-hydrogen) atoms. The maximum atomic E-state index is 15.7. The van der Waals surface area contributed by atoms with Gasteiger partial charge in [-0.05, 0) is 60.4 Å². The van der Waals surface area contributed by atoms with E-state index in [1.807, 2.05) is 41.3 Å². The second-order valence-corrected chi connectivity index (χ2v) is 10.9. The molecule has 7 nitrogen and oxygen atoms in total.